The number of amides is 1. The van der Waals surface area contributed by atoms with Crippen LogP contribution < -0.4 is 5.32 Å². The maximum atomic E-state index is 11.1. The largest absolute Gasteiger partial charge is 0.378 e. The molecular formula is C20H28N4O2. The number of rotatable bonds is 4. The first-order valence-corrected chi connectivity index (χ1v) is 9.06. The summed E-state index contributed by atoms with van der Waals surface area (Å²) in [6.07, 6.45) is 1.93. The van der Waals surface area contributed by atoms with Crippen LogP contribution in [-0.2, 0) is 21.5 Å². The number of hydrogen-bond donors (Lipinski definition) is 2. The van der Waals surface area contributed by atoms with Gasteiger partial charge in [0.2, 0.25) is 5.91 Å². The Balaban J connectivity index is 1.73. The number of hydrogen-bond acceptors (Lipinski definition) is 4. The minimum atomic E-state index is -0.0570. The van der Waals surface area contributed by atoms with E-state index in [9.17, 15) is 4.79 Å². The molecule has 0 bridgehead atoms. The molecule has 140 valence electrons. The first-order chi connectivity index (χ1) is 12.3. The molecule has 2 aromatic rings. The van der Waals surface area contributed by atoms with Gasteiger partial charge >= 0.3 is 0 Å². The van der Waals surface area contributed by atoms with Gasteiger partial charge in [0.05, 0.1) is 19.3 Å². The summed E-state index contributed by atoms with van der Waals surface area (Å²) in [7, 11) is 0. The second kappa shape index (κ2) is 7.60. The third kappa shape index (κ3) is 4.51. The summed E-state index contributed by atoms with van der Waals surface area (Å²) in [4.78, 5) is 21.6. The number of H-pyrrole nitrogens is 1. The van der Waals surface area contributed by atoms with Gasteiger partial charge in [0.25, 0.3) is 0 Å². The monoisotopic (exact) mass is 356 g/mol. The van der Waals surface area contributed by atoms with Gasteiger partial charge in [-0.25, -0.2) is 4.98 Å². The van der Waals surface area contributed by atoms with Crippen LogP contribution in [0.1, 0.15) is 50.8 Å². The van der Waals surface area contributed by atoms with E-state index in [0.717, 1.165) is 36.9 Å². The van der Waals surface area contributed by atoms with Crippen molar-refractivity contribution in [2.75, 3.05) is 25.1 Å². The van der Waals surface area contributed by atoms with Crippen LogP contribution in [0.3, 0.4) is 0 Å². The Hall–Kier alpha value is -2.18. The quantitative estimate of drug-likeness (QED) is 0.882. The summed E-state index contributed by atoms with van der Waals surface area (Å²) in [5.41, 5.74) is 3.21. The zero-order valence-corrected chi connectivity index (χ0v) is 16.0. The molecule has 0 aliphatic carbocycles. The highest BCUT2D eigenvalue weighted by Crippen LogP contribution is 2.27. The number of carbonyl (C=O) groups excluding carboxylic acids is 1. The van der Waals surface area contributed by atoms with E-state index in [1.807, 2.05) is 18.3 Å². The SMILES string of the molecule is CC(=O)Nc1ccc(CN2CCOCC2c2ncc(C(C)(C)C)[nH]2)cc1. The molecule has 26 heavy (non-hydrogen) atoms. The van der Waals surface area contributed by atoms with Crippen molar-refractivity contribution in [2.45, 2.75) is 45.7 Å². The lowest BCUT2D eigenvalue weighted by molar-refractivity contribution is -0.114. The fourth-order valence-electron chi connectivity index (χ4n) is 3.10. The highest BCUT2D eigenvalue weighted by atomic mass is 16.5. The van der Waals surface area contributed by atoms with E-state index in [-0.39, 0.29) is 17.4 Å². The average molecular weight is 356 g/mol. The molecule has 1 aliphatic heterocycles. The number of aromatic amines is 1. The number of benzene rings is 1. The van der Waals surface area contributed by atoms with Gasteiger partial charge in [0, 0.05) is 43.0 Å². The number of nitrogens with one attached hydrogen (secondary N) is 2. The average Bonchev–Trinajstić information content (AvgIpc) is 3.07. The number of nitrogens with zero attached hydrogens (tertiary/aromatic N) is 2. The number of imidazole rings is 1. The second-order valence-electron chi connectivity index (χ2n) is 7.87. The lowest BCUT2D eigenvalue weighted by Gasteiger charge is -2.34. The third-order valence-corrected chi connectivity index (χ3v) is 4.62. The standard InChI is InChI=1S/C20H28N4O2/c1-14(25)22-16-7-5-15(6-8-16)12-24-9-10-26-13-17(24)19-21-11-18(23-19)20(2,3)4/h5-8,11,17H,9-10,12-13H2,1-4H3,(H,21,23)(H,22,25). The highest BCUT2D eigenvalue weighted by Gasteiger charge is 2.28. The van der Waals surface area contributed by atoms with Crippen molar-refractivity contribution in [2.24, 2.45) is 0 Å². The third-order valence-electron chi connectivity index (χ3n) is 4.62. The summed E-state index contributed by atoms with van der Waals surface area (Å²) in [6, 6.07) is 8.11. The van der Waals surface area contributed by atoms with E-state index in [1.54, 1.807) is 0 Å². The fourth-order valence-corrected chi connectivity index (χ4v) is 3.10. The molecule has 1 unspecified atom stereocenters. The molecule has 1 atom stereocenters. The van der Waals surface area contributed by atoms with Crippen molar-refractivity contribution in [1.29, 1.82) is 0 Å². The minimum Gasteiger partial charge on any atom is -0.378 e. The summed E-state index contributed by atoms with van der Waals surface area (Å²) in [5.74, 6) is 0.906. The van der Waals surface area contributed by atoms with Crippen LogP contribution in [0.5, 0.6) is 0 Å². The highest BCUT2D eigenvalue weighted by molar-refractivity contribution is 5.88. The molecule has 6 nitrogen and oxygen atoms in total. The summed E-state index contributed by atoms with van der Waals surface area (Å²) in [6.45, 7) is 11.1. The van der Waals surface area contributed by atoms with Crippen LogP contribution in [0.4, 0.5) is 5.69 Å². The van der Waals surface area contributed by atoms with Gasteiger partial charge in [-0.2, -0.15) is 0 Å². The van der Waals surface area contributed by atoms with Crippen molar-refractivity contribution >= 4 is 11.6 Å². The zero-order valence-electron chi connectivity index (χ0n) is 16.0. The minimum absolute atomic E-state index is 0.0468. The first-order valence-electron chi connectivity index (χ1n) is 9.06. The Morgan fingerprint density at radius 1 is 1.35 bits per heavy atom. The lowest BCUT2D eigenvalue weighted by atomic mass is 9.93. The van der Waals surface area contributed by atoms with Crippen molar-refractivity contribution in [3.8, 4) is 0 Å². The topological polar surface area (TPSA) is 70.2 Å². The summed E-state index contributed by atoms with van der Waals surface area (Å²) >= 11 is 0. The van der Waals surface area contributed by atoms with Crippen LogP contribution in [0, 0.1) is 0 Å². The number of carbonyl (C=O) groups is 1. The maximum absolute atomic E-state index is 11.1. The van der Waals surface area contributed by atoms with E-state index in [4.69, 9.17) is 4.74 Å². The molecule has 0 radical (unpaired) electrons. The molecule has 0 saturated carbocycles. The number of aromatic nitrogens is 2. The van der Waals surface area contributed by atoms with E-state index in [0.29, 0.717) is 6.61 Å². The molecular weight excluding hydrogens is 328 g/mol. The van der Waals surface area contributed by atoms with Gasteiger partial charge in [-0.15, -0.1) is 0 Å². The van der Waals surface area contributed by atoms with Gasteiger partial charge < -0.3 is 15.0 Å². The van der Waals surface area contributed by atoms with Gasteiger partial charge in [0.15, 0.2) is 0 Å². The van der Waals surface area contributed by atoms with Crippen molar-refractivity contribution < 1.29 is 9.53 Å². The van der Waals surface area contributed by atoms with Gasteiger partial charge in [-0.05, 0) is 17.7 Å². The second-order valence-corrected chi connectivity index (χ2v) is 7.87. The zero-order chi connectivity index (χ0) is 18.7. The van der Waals surface area contributed by atoms with Crippen molar-refractivity contribution in [1.82, 2.24) is 14.9 Å². The smallest absolute Gasteiger partial charge is 0.221 e. The normalized spacial score (nSPS) is 18.7. The number of morpholine rings is 1. The van der Waals surface area contributed by atoms with E-state index in [1.165, 1.54) is 12.5 Å². The first kappa shape index (κ1) is 18.6. The molecule has 1 saturated heterocycles. The van der Waals surface area contributed by atoms with Crippen LogP contribution in [0.2, 0.25) is 0 Å². The van der Waals surface area contributed by atoms with E-state index < -0.39 is 0 Å². The van der Waals surface area contributed by atoms with Crippen LogP contribution >= 0.6 is 0 Å². The lowest BCUT2D eigenvalue weighted by Crippen LogP contribution is -2.39. The molecule has 1 fully saturated rings. The van der Waals surface area contributed by atoms with E-state index in [2.05, 4.69) is 53.1 Å². The molecule has 2 heterocycles. The molecule has 0 spiro atoms. The Morgan fingerprint density at radius 2 is 2.08 bits per heavy atom. The molecule has 3 rings (SSSR count). The van der Waals surface area contributed by atoms with Crippen LogP contribution in [0.25, 0.3) is 0 Å². The van der Waals surface area contributed by atoms with Crippen LogP contribution in [0.15, 0.2) is 30.5 Å². The van der Waals surface area contributed by atoms with Gasteiger partial charge in [-0.1, -0.05) is 32.9 Å². The molecule has 1 aromatic carbocycles. The Labute approximate surface area is 155 Å². The molecule has 2 N–H and O–H groups in total. The maximum Gasteiger partial charge on any atom is 0.221 e. The summed E-state index contributed by atoms with van der Waals surface area (Å²) in [5, 5.41) is 2.80. The predicted molar refractivity (Wildman–Crippen MR) is 102 cm³/mol. The summed E-state index contributed by atoms with van der Waals surface area (Å²) < 4.78 is 5.71. The molecule has 6 heteroatoms. The number of anilines is 1. The predicted octanol–water partition coefficient (Wildman–Crippen LogP) is 3.24. The Bertz CT molecular complexity index is 746. The van der Waals surface area contributed by atoms with Crippen molar-refractivity contribution in [3.63, 3.8) is 0 Å². The number of ether oxygens (including phenoxy) is 1. The fraction of sp³-hybridized carbons (Fsp3) is 0.500. The molecule has 1 aliphatic rings. The molecule has 1 amide bonds. The van der Waals surface area contributed by atoms with Gasteiger partial charge in [-0.3, -0.25) is 9.69 Å². The van der Waals surface area contributed by atoms with Crippen molar-refractivity contribution in [3.05, 3.63) is 47.5 Å². The van der Waals surface area contributed by atoms with E-state index >= 15 is 0 Å². The Kier molecular flexibility index (Phi) is 5.44. The van der Waals surface area contributed by atoms with Gasteiger partial charge in [0.1, 0.15) is 5.82 Å². The molecule has 1 aromatic heterocycles. The Morgan fingerprint density at radius 3 is 2.69 bits per heavy atom. The van der Waals surface area contributed by atoms with Crippen LogP contribution in [-0.4, -0.2) is 40.5 Å².